The number of benzene rings is 2. The molecule has 1 aliphatic carbocycles. The number of hydrogen-bond donors (Lipinski definition) is 1. The molecular formula is C27H32N2O5. The first-order valence-corrected chi connectivity index (χ1v) is 11.7. The van der Waals surface area contributed by atoms with Gasteiger partial charge in [0.2, 0.25) is 0 Å². The van der Waals surface area contributed by atoms with E-state index in [1.165, 1.54) is 24.2 Å². The lowest BCUT2D eigenvalue weighted by molar-refractivity contribution is 0.199. The lowest BCUT2D eigenvalue weighted by Crippen LogP contribution is -2.35. The van der Waals surface area contributed by atoms with Crippen molar-refractivity contribution >= 4 is 22.7 Å². The van der Waals surface area contributed by atoms with E-state index in [-0.39, 0.29) is 0 Å². The van der Waals surface area contributed by atoms with Gasteiger partial charge >= 0.3 is 6.09 Å². The van der Waals surface area contributed by atoms with Gasteiger partial charge in [0.05, 0.1) is 25.4 Å². The Balaban J connectivity index is 1.66. The summed E-state index contributed by atoms with van der Waals surface area (Å²) in [5.74, 6) is 2.92. The highest BCUT2D eigenvalue weighted by atomic mass is 16.5. The molecule has 1 heterocycles. The highest BCUT2D eigenvalue weighted by Gasteiger charge is 2.24. The molecule has 0 atom stereocenters. The summed E-state index contributed by atoms with van der Waals surface area (Å²) in [5, 5.41) is 10.8. The average Bonchev–Trinajstić information content (AvgIpc) is 2.85. The van der Waals surface area contributed by atoms with Crippen molar-refractivity contribution in [3.05, 3.63) is 47.7 Å². The van der Waals surface area contributed by atoms with Crippen LogP contribution in [0.4, 0.5) is 10.5 Å². The fraction of sp³-hybridized carbons (Fsp3) is 0.407. The van der Waals surface area contributed by atoms with Crippen molar-refractivity contribution < 1.29 is 24.1 Å². The molecule has 0 saturated heterocycles. The van der Waals surface area contributed by atoms with Gasteiger partial charge in [0.25, 0.3) is 0 Å². The summed E-state index contributed by atoms with van der Waals surface area (Å²) in [6.45, 7) is 4.45. The first kappa shape index (κ1) is 23.7. The monoisotopic (exact) mass is 464 g/mol. The van der Waals surface area contributed by atoms with Gasteiger partial charge in [0, 0.05) is 24.2 Å². The van der Waals surface area contributed by atoms with E-state index in [9.17, 15) is 9.90 Å². The molecule has 0 bridgehead atoms. The largest absolute Gasteiger partial charge is 0.493 e. The van der Waals surface area contributed by atoms with E-state index in [1.54, 1.807) is 20.4 Å². The molecule has 2 aromatic carbocycles. The van der Waals surface area contributed by atoms with E-state index in [0.717, 1.165) is 34.9 Å². The molecule has 1 fully saturated rings. The molecule has 7 heteroatoms. The van der Waals surface area contributed by atoms with Crippen molar-refractivity contribution in [1.82, 2.24) is 4.98 Å². The second-order valence-corrected chi connectivity index (χ2v) is 8.87. The average molecular weight is 465 g/mol. The second-order valence-electron chi connectivity index (χ2n) is 8.87. The molecule has 1 saturated carbocycles. The number of methoxy groups -OCH3 is 2. The Morgan fingerprint density at radius 3 is 2.35 bits per heavy atom. The predicted octanol–water partition coefficient (Wildman–Crippen LogP) is 6.73. The molecule has 0 spiro atoms. The molecule has 1 aliphatic rings. The zero-order valence-corrected chi connectivity index (χ0v) is 20.3. The smallest absolute Gasteiger partial charge is 0.411 e. The number of fused-ring (bicyclic) bond motifs is 1. The van der Waals surface area contributed by atoms with Crippen molar-refractivity contribution in [3.8, 4) is 23.0 Å². The molecule has 0 unspecified atom stereocenters. The summed E-state index contributed by atoms with van der Waals surface area (Å²) in [7, 11) is 3.18. The maximum atomic E-state index is 12.1. The molecular weight excluding hydrogens is 432 g/mol. The van der Waals surface area contributed by atoms with Gasteiger partial charge in [0.15, 0.2) is 11.5 Å². The van der Waals surface area contributed by atoms with E-state index in [0.29, 0.717) is 41.1 Å². The van der Waals surface area contributed by atoms with Crippen LogP contribution in [0.25, 0.3) is 10.9 Å². The zero-order chi connectivity index (χ0) is 24.2. The first-order valence-electron chi connectivity index (χ1n) is 11.7. The molecule has 4 rings (SSSR count). The van der Waals surface area contributed by atoms with E-state index in [4.69, 9.17) is 14.2 Å². The summed E-state index contributed by atoms with van der Waals surface area (Å²) >= 11 is 0. The standard InChI is InChI=1S/C27H32N2O5/c1-17-18(2)23(11-10-22(17)29(27(30)31)16-19-8-6-5-7-9-19)34-24-12-13-28-21-15-26(33-4)25(32-3)14-20(21)24/h10-15,19H,5-9,16H2,1-4H3,(H,30,31). The Kier molecular flexibility index (Phi) is 7.10. The number of aromatic nitrogens is 1. The van der Waals surface area contributed by atoms with Gasteiger partial charge in [-0.25, -0.2) is 4.79 Å². The maximum Gasteiger partial charge on any atom is 0.411 e. The molecule has 1 amide bonds. The molecule has 3 aromatic rings. The van der Waals surface area contributed by atoms with Crippen LogP contribution in [-0.2, 0) is 0 Å². The Morgan fingerprint density at radius 1 is 0.971 bits per heavy atom. The van der Waals surface area contributed by atoms with Crippen LogP contribution < -0.4 is 19.1 Å². The summed E-state index contributed by atoms with van der Waals surface area (Å²) in [4.78, 5) is 18.1. The Bertz CT molecular complexity index is 1190. The van der Waals surface area contributed by atoms with Crippen molar-refractivity contribution in [1.29, 1.82) is 0 Å². The minimum absolute atomic E-state index is 0.413. The molecule has 7 nitrogen and oxygen atoms in total. The van der Waals surface area contributed by atoms with Gasteiger partial charge in [-0.15, -0.1) is 0 Å². The normalized spacial score (nSPS) is 14.1. The van der Waals surface area contributed by atoms with Gasteiger partial charge < -0.3 is 19.3 Å². The number of rotatable bonds is 7. The molecule has 0 aliphatic heterocycles. The van der Waals surface area contributed by atoms with Crippen molar-refractivity contribution in [2.24, 2.45) is 5.92 Å². The summed E-state index contributed by atoms with van der Waals surface area (Å²) < 4.78 is 17.2. The Hall–Kier alpha value is -3.48. The zero-order valence-electron chi connectivity index (χ0n) is 20.3. The number of carboxylic acid groups (broad SMARTS) is 1. The number of anilines is 1. The molecule has 0 radical (unpaired) electrons. The lowest BCUT2D eigenvalue weighted by Gasteiger charge is -2.29. The van der Waals surface area contributed by atoms with Crippen LogP contribution >= 0.6 is 0 Å². The SMILES string of the molecule is COc1cc2nccc(Oc3ccc(N(CC4CCCCC4)C(=O)O)c(C)c3C)c2cc1OC. The summed E-state index contributed by atoms with van der Waals surface area (Å²) in [5.41, 5.74) is 3.24. The fourth-order valence-corrected chi connectivity index (χ4v) is 4.75. The molecule has 1 aromatic heterocycles. The highest BCUT2D eigenvalue weighted by molar-refractivity contribution is 5.89. The fourth-order valence-electron chi connectivity index (χ4n) is 4.75. The lowest BCUT2D eigenvalue weighted by atomic mass is 9.88. The Labute approximate surface area is 200 Å². The van der Waals surface area contributed by atoms with Crippen molar-refractivity contribution in [2.45, 2.75) is 46.0 Å². The minimum atomic E-state index is -0.914. The van der Waals surface area contributed by atoms with Crippen molar-refractivity contribution in [3.63, 3.8) is 0 Å². The third-order valence-corrected chi connectivity index (χ3v) is 6.82. The summed E-state index contributed by atoms with van der Waals surface area (Å²) in [6.07, 6.45) is 6.56. The van der Waals surface area contributed by atoms with Crippen LogP contribution in [0.1, 0.15) is 43.2 Å². The highest BCUT2D eigenvalue weighted by Crippen LogP contribution is 2.39. The van der Waals surface area contributed by atoms with Crippen LogP contribution in [-0.4, -0.2) is 36.9 Å². The van der Waals surface area contributed by atoms with Gasteiger partial charge in [-0.3, -0.25) is 9.88 Å². The van der Waals surface area contributed by atoms with Crippen LogP contribution in [0.2, 0.25) is 0 Å². The number of nitrogens with zero attached hydrogens (tertiary/aromatic N) is 2. The van der Waals surface area contributed by atoms with Gasteiger partial charge in [-0.2, -0.15) is 0 Å². The number of carbonyl (C=O) groups is 1. The van der Waals surface area contributed by atoms with E-state index >= 15 is 0 Å². The number of ether oxygens (including phenoxy) is 3. The molecule has 180 valence electrons. The van der Waals surface area contributed by atoms with Crippen LogP contribution in [0, 0.1) is 19.8 Å². The van der Waals surface area contributed by atoms with E-state index < -0.39 is 6.09 Å². The number of amides is 1. The van der Waals surface area contributed by atoms with Crippen LogP contribution in [0.5, 0.6) is 23.0 Å². The maximum absolute atomic E-state index is 12.1. The third-order valence-electron chi connectivity index (χ3n) is 6.82. The number of hydrogen-bond acceptors (Lipinski definition) is 5. The minimum Gasteiger partial charge on any atom is -0.493 e. The van der Waals surface area contributed by atoms with Gasteiger partial charge in [-0.1, -0.05) is 19.3 Å². The van der Waals surface area contributed by atoms with Gasteiger partial charge in [-0.05, 0) is 68.0 Å². The molecule has 1 N–H and O–H groups in total. The first-order chi connectivity index (χ1) is 16.4. The number of pyridine rings is 1. The quantitative estimate of drug-likeness (QED) is 0.418. The van der Waals surface area contributed by atoms with E-state index in [1.807, 2.05) is 44.2 Å². The third kappa shape index (κ3) is 4.74. The van der Waals surface area contributed by atoms with E-state index in [2.05, 4.69) is 4.98 Å². The van der Waals surface area contributed by atoms with Crippen molar-refractivity contribution in [2.75, 3.05) is 25.7 Å². The Morgan fingerprint density at radius 2 is 1.68 bits per heavy atom. The van der Waals surface area contributed by atoms with Crippen LogP contribution in [0.15, 0.2) is 36.5 Å². The summed E-state index contributed by atoms with van der Waals surface area (Å²) in [6, 6.07) is 9.17. The predicted molar refractivity (Wildman–Crippen MR) is 133 cm³/mol. The molecule has 34 heavy (non-hydrogen) atoms. The topological polar surface area (TPSA) is 81.1 Å². The van der Waals surface area contributed by atoms with Gasteiger partial charge in [0.1, 0.15) is 11.5 Å². The van der Waals surface area contributed by atoms with Crippen LogP contribution in [0.3, 0.4) is 0 Å². The second kappa shape index (κ2) is 10.2.